The summed E-state index contributed by atoms with van der Waals surface area (Å²) in [5, 5.41) is 9.59. The summed E-state index contributed by atoms with van der Waals surface area (Å²) in [5.41, 5.74) is 0. The first-order chi connectivity index (χ1) is 18.6. The number of rotatable bonds is 32. The third kappa shape index (κ3) is 30.0. The molecule has 0 aliphatic heterocycles. The Morgan fingerprint density at radius 2 is 0.658 bits per heavy atom. The standard InChI is InChI=1S/C36H72O2/c1-4-5-6-7-8-9-10-11-12-13-14-15-16-17-20-23-26-29-32-35(36(37)38)33-30-27-24-21-18-19-22-25-28-31-34(2)3/h34-35H,4-33H2,1-3H3,(H,37,38). The molecule has 0 aliphatic rings. The van der Waals surface area contributed by atoms with Gasteiger partial charge in [0.05, 0.1) is 5.92 Å². The summed E-state index contributed by atoms with van der Waals surface area (Å²) in [4.78, 5) is 11.6. The van der Waals surface area contributed by atoms with Crippen LogP contribution in [0.15, 0.2) is 0 Å². The number of aliphatic carboxylic acids is 1. The topological polar surface area (TPSA) is 37.3 Å². The number of carboxylic acids is 1. The van der Waals surface area contributed by atoms with Crippen LogP contribution in [0.4, 0.5) is 0 Å². The molecule has 1 N–H and O–H groups in total. The van der Waals surface area contributed by atoms with Crippen LogP contribution in [0.2, 0.25) is 0 Å². The lowest BCUT2D eigenvalue weighted by Crippen LogP contribution is -2.13. The zero-order valence-corrected chi connectivity index (χ0v) is 26.7. The summed E-state index contributed by atoms with van der Waals surface area (Å²) in [6.07, 6.45) is 40.0. The molecule has 0 aromatic carbocycles. The number of unbranched alkanes of at least 4 members (excludes halogenated alkanes) is 25. The summed E-state index contributed by atoms with van der Waals surface area (Å²) >= 11 is 0. The first-order valence-corrected chi connectivity index (χ1v) is 17.8. The van der Waals surface area contributed by atoms with E-state index in [0.717, 1.165) is 31.6 Å². The molecule has 0 radical (unpaired) electrons. The molecule has 0 amide bonds. The molecule has 0 aromatic heterocycles. The Bertz CT molecular complexity index is 458. The molecular weight excluding hydrogens is 464 g/mol. The van der Waals surface area contributed by atoms with Gasteiger partial charge >= 0.3 is 5.97 Å². The molecule has 0 aliphatic carbocycles. The average Bonchev–Trinajstić information content (AvgIpc) is 2.89. The fourth-order valence-corrected chi connectivity index (χ4v) is 5.86. The molecule has 0 rings (SSSR count). The molecule has 2 nitrogen and oxygen atoms in total. The van der Waals surface area contributed by atoms with Crippen LogP contribution < -0.4 is 0 Å². The molecule has 0 aromatic rings. The van der Waals surface area contributed by atoms with E-state index >= 15 is 0 Å². The van der Waals surface area contributed by atoms with Crippen molar-refractivity contribution >= 4 is 5.97 Å². The van der Waals surface area contributed by atoms with E-state index in [4.69, 9.17) is 0 Å². The van der Waals surface area contributed by atoms with Crippen molar-refractivity contribution in [3.8, 4) is 0 Å². The second-order valence-electron chi connectivity index (χ2n) is 13.0. The smallest absolute Gasteiger partial charge is 0.306 e. The third-order valence-electron chi connectivity index (χ3n) is 8.59. The van der Waals surface area contributed by atoms with E-state index in [9.17, 15) is 9.90 Å². The van der Waals surface area contributed by atoms with Crippen LogP contribution in [0.25, 0.3) is 0 Å². The van der Waals surface area contributed by atoms with E-state index in [1.807, 2.05) is 0 Å². The summed E-state index contributed by atoms with van der Waals surface area (Å²) in [6.45, 7) is 6.92. The molecule has 0 saturated carbocycles. The minimum atomic E-state index is -0.557. The number of carbonyl (C=O) groups is 1. The highest BCUT2D eigenvalue weighted by Crippen LogP contribution is 2.20. The maximum Gasteiger partial charge on any atom is 0.306 e. The van der Waals surface area contributed by atoms with Crippen LogP contribution in [-0.2, 0) is 4.79 Å². The van der Waals surface area contributed by atoms with E-state index in [0.29, 0.717) is 0 Å². The first kappa shape index (κ1) is 37.5. The zero-order chi connectivity index (χ0) is 27.9. The minimum absolute atomic E-state index is 0.1000. The monoisotopic (exact) mass is 537 g/mol. The van der Waals surface area contributed by atoms with Gasteiger partial charge in [0, 0.05) is 0 Å². The van der Waals surface area contributed by atoms with Crippen molar-refractivity contribution < 1.29 is 9.90 Å². The second-order valence-corrected chi connectivity index (χ2v) is 13.0. The van der Waals surface area contributed by atoms with E-state index in [1.54, 1.807) is 0 Å². The van der Waals surface area contributed by atoms with Crippen molar-refractivity contribution in [2.24, 2.45) is 11.8 Å². The van der Waals surface area contributed by atoms with Gasteiger partial charge < -0.3 is 5.11 Å². The van der Waals surface area contributed by atoms with Gasteiger partial charge in [0.2, 0.25) is 0 Å². The number of hydrogen-bond donors (Lipinski definition) is 1. The van der Waals surface area contributed by atoms with Crippen molar-refractivity contribution in [2.45, 2.75) is 213 Å². The van der Waals surface area contributed by atoms with Gasteiger partial charge in [0.25, 0.3) is 0 Å². The molecule has 1 unspecified atom stereocenters. The van der Waals surface area contributed by atoms with Gasteiger partial charge in [-0.15, -0.1) is 0 Å². The Labute approximate surface area is 240 Å². The summed E-state index contributed by atoms with van der Waals surface area (Å²) in [5.74, 6) is 0.193. The van der Waals surface area contributed by atoms with Crippen molar-refractivity contribution in [3.63, 3.8) is 0 Å². The lowest BCUT2D eigenvalue weighted by atomic mass is 9.94. The highest BCUT2D eigenvalue weighted by atomic mass is 16.4. The van der Waals surface area contributed by atoms with E-state index in [2.05, 4.69) is 20.8 Å². The fourth-order valence-electron chi connectivity index (χ4n) is 5.86. The van der Waals surface area contributed by atoms with E-state index in [1.165, 1.54) is 167 Å². The molecule has 0 saturated heterocycles. The molecule has 38 heavy (non-hydrogen) atoms. The van der Waals surface area contributed by atoms with Crippen LogP contribution in [0, 0.1) is 11.8 Å². The van der Waals surface area contributed by atoms with Crippen LogP contribution >= 0.6 is 0 Å². The fraction of sp³-hybridized carbons (Fsp3) is 0.972. The molecule has 0 spiro atoms. The molecule has 228 valence electrons. The third-order valence-corrected chi connectivity index (χ3v) is 8.59. The SMILES string of the molecule is CCCCCCCCCCCCCCCCCCCCC(CCCCCCCCCCCC(C)C)C(=O)O. The maximum atomic E-state index is 11.6. The van der Waals surface area contributed by atoms with Gasteiger partial charge in [-0.05, 0) is 18.8 Å². The Kier molecular flexibility index (Phi) is 30.6. The summed E-state index contributed by atoms with van der Waals surface area (Å²) < 4.78 is 0. The van der Waals surface area contributed by atoms with Gasteiger partial charge in [0.1, 0.15) is 0 Å². The maximum absolute atomic E-state index is 11.6. The Morgan fingerprint density at radius 3 is 0.895 bits per heavy atom. The lowest BCUT2D eigenvalue weighted by molar-refractivity contribution is -0.142. The molecule has 1 atom stereocenters. The first-order valence-electron chi connectivity index (χ1n) is 17.8. The number of hydrogen-bond acceptors (Lipinski definition) is 1. The van der Waals surface area contributed by atoms with E-state index < -0.39 is 5.97 Å². The van der Waals surface area contributed by atoms with Crippen molar-refractivity contribution in [1.82, 2.24) is 0 Å². The lowest BCUT2D eigenvalue weighted by Gasteiger charge is -2.12. The van der Waals surface area contributed by atoms with Gasteiger partial charge in [0.15, 0.2) is 0 Å². The molecule has 0 heterocycles. The van der Waals surface area contributed by atoms with Gasteiger partial charge in [-0.3, -0.25) is 4.79 Å². The van der Waals surface area contributed by atoms with Crippen molar-refractivity contribution in [3.05, 3.63) is 0 Å². The second kappa shape index (κ2) is 31.0. The highest BCUT2D eigenvalue weighted by Gasteiger charge is 2.16. The normalized spacial score (nSPS) is 12.4. The minimum Gasteiger partial charge on any atom is -0.481 e. The van der Waals surface area contributed by atoms with Gasteiger partial charge in [-0.25, -0.2) is 0 Å². The van der Waals surface area contributed by atoms with E-state index in [-0.39, 0.29) is 5.92 Å². The molecular formula is C36H72O2. The average molecular weight is 537 g/mol. The Balaban J connectivity index is 3.38. The van der Waals surface area contributed by atoms with Crippen LogP contribution in [0.3, 0.4) is 0 Å². The van der Waals surface area contributed by atoms with Crippen LogP contribution in [0.1, 0.15) is 213 Å². The largest absolute Gasteiger partial charge is 0.481 e. The summed E-state index contributed by atoms with van der Waals surface area (Å²) in [6, 6.07) is 0. The predicted molar refractivity (Wildman–Crippen MR) is 170 cm³/mol. The molecule has 0 bridgehead atoms. The van der Waals surface area contributed by atoms with Crippen LogP contribution in [-0.4, -0.2) is 11.1 Å². The summed E-state index contributed by atoms with van der Waals surface area (Å²) in [7, 11) is 0. The van der Waals surface area contributed by atoms with Gasteiger partial charge in [-0.1, -0.05) is 201 Å². The van der Waals surface area contributed by atoms with Crippen molar-refractivity contribution in [1.29, 1.82) is 0 Å². The Hall–Kier alpha value is -0.530. The van der Waals surface area contributed by atoms with Crippen LogP contribution in [0.5, 0.6) is 0 Å². The van der Waals surface area contributed by atoms with Gasteiger partial charge in [-0.2, -0.15) is 0 Å². The Morgan fingerprint density at radius 1 is 0.421 bits per heavy atom. The molecule has 2 heteroatoms. The number of carboxylic acid groups (broad SMARTS) is 1. The highest BCUT2D eigenvalue weighted by molar-refractivity contribution is 5.69. The predicted octanol–water partition coefficient (Wildman–Crippen LogP) is 13.1. The quantitative estimate of drug-likeness (QED) is 0.0868. The zero-order valence-electron chi connectivity index (χ0n) is 26.7. The van der Waals surface area contributed by atoms with Crippen molar-refractivity contribution in [2.75, 3.05) is 0 Å². The molecule has 0 fully saturated rings.